The molecule has 0 radical (unpaired) electrons. The van der Waals surface area contributed by atoms with Gasteiger partial charge in [0.2, 0.25) is 0 Å². The summed E-state index contributed by atoms with van der Waals surface area (Å²) in [7, 11) is 1.38. The molecule has 2 aromatic heterocycles. The Morgan fingerprint density at radius 2 is 1.44 bits per heavy atom. The highest BCUT2D eigenvalue weighted by Crippen LogP contribution is 2.33. The minimum atomic E-state index is -0.835. The summed E-state index contributed by atoms with van der Waals surface area (Å²) in [6.45, 7) is 3.10. The largest absolute Gasteiger partial charge is 0.332 e. The van der Waals surface area contributed by atoms with E-state index in [0.29, 0.717) is 0 Å². The monoisotopic (exact) mass is 521 g/mol. The van der Waals surface area contributed by atoms with Gasteiger partial charge in [-0.3, -0.25) is 13.9 Å². The van der Waals surface area contributed by atoms with Crippen LogP contribution in [-0.2, 0) is 20.1 Å². The number of benzene rings is 2. The van der Waals surface area contributed by atoms with E-state index in [1.54, 1.807) is 0 Å². The Morgan fingerprint density at radius 3 is 1.97 bits per heavy atom. The smallest absolute Gasteiger partial charge is 0.329 e. The van der Waals surface area contributed by atoms with E-state index in [4.69, 9.17) is 5.73 Å². The second-order valence-corrected chi connectivity index (χ2v) is 10.6. The molecule has 0 saturated heterocycles. The molecule has 0 atom stereocenters. The number of hydrogen-bond donors (Lipinski definition) is 1. The van der Waals surface area contributed by atoms with Crippen molar-refractivity contribution in [3.8, 4) is 0 Å². The third-order valence-electron chi connectivity index (χ3n) is 5.73. The van der Waals surface area contributed by atoms with Crippen LogP contribution in [0.2, 0.25) is 0 Å². The molecule has 12 heteroatoms. The lowest BCUT2D eigenvalue weighted by atomic mass is 10.2. The molecule has 0 bridgehead atoms. The number of aryl methyl sites for hydroxylation is 1. The lowest BCUT2D eigenvalue weighted by molar-refractivity contribution is 0.563. The number of hydrogen-bond acceptors (Lipinski definition) is 5. The molecule has 0 amide bonds. The van der Waals surface area contributed by atoms with Crippen LogP contribution in [0.1, 0.15) is 25.0 Å². The summed E-state index contributed by atoms with van der Waals surface area (Å²) in [5.74, 6) is -2.88. The van der Waals surface area contributed by atoms with Crippen LogP contribution in [0.3, 0.4) is 0 Å². The van der Waals surface area contributed by atoms with E-state index >= 15 is 0 Å². The normalized spacial score (nSPS) is 12.0. The van der Waals surface area contributed by atoms with Crippen molar-refractivity contribution in [3.63, 3.8) is 0 Å². The molecule has 0 aliphatic rings. The van der Waals surface area contributed by atoms with Gasteiger partial charge < -0.3 is 10.3 Å². The first kappa shape index (κ1) is 25.7. The molecule has 36 heavy (non-hydrogen) atoms. The molecule has 2 heterocycles. The maximum Gasteiger partial charge on any atom is 0.332 e. The predicted octanol–water partition coefficient (Wildman–Crippen LogP) is 3.38. The number of nitrogens with two attached hydrogens (primary N) is 1. The number of nitrogens with zero attached hydrogens (tertiary/aromatic N) is 4. The number of imidazole rings is 1. The molecule has 0 saturated carbocycles. The van der Waals surface area contributed by atoms with Gasteiger partial charge in [0.15, 0.2) is 16.3 Å². The summed E-state index contributed by atoms with van der Waals surface area (Å²) >= 11 is 1.20. The predicted molar refractivity (Wildman–Crippen MR) is 129 cm³/mol. The molecule has 2 aromatic carbocycles. The Hall–Kier alpha value is -3.38. The van der Waals surface area contributed by atoms with Gasteiger partial charge in [-0.15, -0.1) is 0 Å². The molecule has 0 unspecified atom stereocenters. The molecule has 0 spiro atoms. The molecular weight excluding hydrogens is 498 g/mol. The third kappa shape index (κ3) is 4.82. The first-order valence-corrected chi connectivity index (χ1v) is 11.7. The summed E-state index contributed by atoms with van der Waals surface area (Å²) in [5.41, 5.74) is 3.92. The lowest BCUT2D eigenvalue weighted by Gasteiger charge is -2.21. The van der Waals surface area contributed by atoms with Gasteiger partial charge in [0.25, 0.3) is 5.56 Å². The zero-order chi connectivity index (χ0) is 26.4. The van der Waals surface area contributed by atoms with Gasteiger partial charge in [0.1, 0.15) is 23.3 Å². The minimum absolute atomic E-state index is 0.00750. The minimum Gasteiger partial charge on any atom is -0.329 e. The highest BCUT2D eigenvalue weighted by Gasteiger charge is 2.26. The van der Waals surface area contributed by atoms with Gasteiger partial charge in [-0.2, -0.15) is 0 Å². The van der Waals surface area contributed by atoms with Crippen molar-refractivity contribution in [1.29, 1.82) is 0 Å². The SMILES string of the molecule is Cn1c(=O)n(Cc2cc(F)ccc2F)c(=O)c2c1nc(SC(C)(C)CN)n2Cc1cc(F)ccc1F. The number of fused-ring (bicyclic) bond motifs is 1. The van der Waals surface area contributed by atoms with E-state index in [1.165, 1.54) is 23.4 Å². The molecule has 0 aliphatic carbocycles. The van der Waals surface area contributed by atoms with E-state index in [9.17, 15) is 27.2 Å². The molecule has 4 aromatic rings. The molecule has 0 aliphatic heterocycles. The molecule has 4 rings (SSSR count). The average Bonchev–Trinajstić information content (AvgIpc) is 3.17. The van der Waals surface area contributed by atoms with Crippen molar-refractivity contribution >= 4 is 22.9 Å². The van der Waals surface area contributed by atoms with Crippen molar-refractivity contribution in [2.75, 3.05) is 6.54 Å². The van der Waals surface area contributed by atoms with Crippen molar-refractivity contribution in [1.82, 2.24) is 18.7 Å². The topological polar surface area (TPSA) is 87.8 Å². The standard InChI is InChI=1S/C24H23F4N5O2S/c1-24(2,12-29)36-22-30-20-19(32(22)10-13-8-15(25)4-6-17(13)27)21(34)33(23(35)31(20)3)11-14-9-16(26)5-7-18(14)28/h4-9H,10-12,29H2,1-3H3. The summed E-state index contributed by atoms with van der Waals surface area (Å²) in [6, 6.07) is 5.68. The van der Waals surface area contributed by atoms with E-state index in [0.717, 1.165) is 45.5 Å². The van der Waals surface area contributed by atoms with Crippen molar-refractivity contribution in [3.05, 3.63) is 91.6 Å². The Morgan fingerprint density at radius 1 is 0.917 bits per heavy atom. The summed E-state index contributed by atoms with van der Waals surface area (Å²) in [5, 5.41) is 0.255. The van der Waals surface area contributed by atoms with E-state index in [-0.39, 0.29) is 40.5 Å². The highest BCUT2D eigenvalue weighted by molar-refractivity contribution is 8.00. The zero-order valence-electron chi connectivity index (χ0n) is 19.7. The fourth-order valence-electron chi connectivity index (χ4n) is 3.67. The van der Waals surface area contributed by atoms with Crippen LogP contribution in [0, 0.1) is 23.3 Å². The maximum absolute atomic E-state index is 14.5. The first-order chi connectivity index (χ1) is 16.9. The van der Waals surface area contributed by atoms with Gasteiger partial charge >= 0.3 is 5.69 Å². The van der Waals surface area contributed by atoms with E-state index in [2.05, 4.69) is 4.98 Å². The van der Waals surface area contributed by atoms with Gasteiger partial charge in [0.05, 0.1) is 13.1 Å². The molecule has 0 fully saturated rings. The first-order valence-electron chi connectivity index (χ1n) is 10.9. The number of rotatable bonds is 7. The second kappa shape index (κ2) is 9.58. The Bertz CT molecular complexity index is 1590. The Balaban J connectivity index is 1.99. The third-order valence-corrected chi connectivity index (χ3v) is 6.94. The summed E-state index contributed by atoms with van der Waals surface area (Å²) in [6.07, 6.45) is 0. The lowest BCUT2D eigenvalue weighted by Crippen LogP contribution is -2.40. The van der Waals surface area contributed by atoms with Crippen molar-refractivity contribution in [2.24, 2.45) is 12.8 Å². The molecule has 2 N–H and O–H groups in total. The highest BCUT2D eigenvalue weighted by atomic mass is 32.2. The van der Waals surface area contributed by atoms with E-state index in [1.807, 2.05) is 13.8 Å². The zero-order valence-corrected chi connectivity index (χ0v) is 20.5. The van der Waals surface area contributed by atoms with Crippen LogP contribution in [0.15, 0.2) is 51.1 Å². The quantitative estimate of drug-likeness (QED) is 0.298. The van der Waals surface area contributed by atoms with E-state index < -0.39 is 45.8 Å². The van der Waals surface area contributed by atoms with Crippen molar-refractivity contribution in [2.45, 2.75) is 36.8 Å². The Kier molecular flexibility index (Phi) is 6.84. The average molecular weight is 522 g/mol. The molecular formula is C24H23F4N5O2S. The van der Waals surface area contributed by atoms with Crippen LogP contribution < -0.4 is 17.0 Å². The molecule has 7 nitrogen and oxygen atoms in total. The molecule has 190 valence electrons. The van der Waals surface area contributed by atoms with Crippen LogP contribution in [0.4, 0.5) is 17.6 Å². The summed E-state index contributed by atoms with van der Waals surface area (Å²) < 4.78 is 59.2. The van der Waals surface area contributed by atoms with Crippen LogP contribution in [0.25, 0.3) is 11.2 Å². The van der Waals surface area contributed by atoms with Gasteiger partial charge in [-0.05, 0) is 50.2 Å². The fourth-order valence-corrected chi connectivity index (χ4v) is 4.65. The van der Waals surface area contributed by atoms with Crippen LogP contribution in [0.5, 0.6) is 0 Å². The Labute approximate surface area is 207 Å². The van der Waals surface area contributed by atoms with Crippen molar-refractivity contribution < 1.29 is 17.6 Å². The maximum atomic E-state index is 14.5. The summed E-state index contributed by atoms with van der Waals surface area (Å²) in [4.78, 5) is 31.1. The van der Waals surface area contributed by atoms with Gasteiger partial charge in [0, 0.05) is 29.5 Å². The second-order valence-electron chi connectivity index (χ2n) is 8.92. The van der Waals surface area contributed by atoms with Crippen LogP contribution >= 0.6 is 11.8 Å². The number of thioether (sulfide) groups is 1. The van der Waals surface area contributed by atoms with Gasteiger partial charge in [-0.1, -0.05) is 11.8 Å². The number of aromatic nitrogens is 4. The fraction of sp³-hybridized carbons (Fsp3) is 0.292. The van der Waals surface area contributed by atoms with Crippen LogP contribution in [-0.4, -0.2) is 30.0 Å². The van der Waals surface area contributed by atoms with Gasteiger partial charge in [-0.25, -0.2) is 27.3 Å². The number of halogens is 4.